The van der Waals surface area contributed by atoms with Crippen molar-refractivity contribution in [1.82, 2.24) is 9.97 Å². The number of nitroso groups, excluding NO2 is 1. The molecule has 16 heavy (non-hydrogen) atoms. The van der Waals surface area contributed by atoms with Gasteiger partial charge in [-0.05, 0) is 12.1 Å². The number of hydrogen-bond donors (Lipinski definition) is 1. The van der Waals surface area contributed by atoms with Crippen molar-refractivity contribution in [2.45, 2.75) is 6.54 Å². The molecule has 0 aliphatic rings. The highest BCUT2D eigenvalue weighted by Crippen LogP contribution is 2.24. The van der Waals surface area contributed by atoms with Crippen LogP contribution in [0, 0.1) is 4.91 Å². The molecule has 0 saturated carbocycles. The van der Waals surface area contributed by atoms with Crippen molar-refractivity contribution < 1.29 is 0 Å². The normalized spacial score (nSPS) is 11.0. The lowest BCUT2D eigenvalue weighted by Gasteiger charge is -1.94. The smallest absolute Gasteiger partial charge is 0.123 e. The number of pyridine rings is 1. The van der Waals surface area contributed by atoms with E-state index in [0.717, 1.165) is 21.8 Å². The molecular weight excluding hydrogens is 202 g/mol. The first-order valence-corrected chi connectivity index (χ1v) is 5.03. The maximum absolute atomic E-state index is 10.2. The predicted octanol–water partition coefficient (Wildman–Crippen LogP) is 2.98. The van der Waals surface area contributed by atoms with Gasteiger partial charge in [-0.25, -0.2) is 0 Å². The molecule has 0 unspecified atom stereocenters. The lowest BCUT2D eigenvalue weighted by atomic mass is 10.1. The fraction of sp³-hybridized carbons (Fsp3) is 0.0833. The second-order valence-corrected chi connectivity index (χ2v) is 3.68. The van der Waals surface area contributed by atoms with E-state index in [1.165, 1.54) is 0 Å². The van der Waals surface area contributed by atoms with E-state index in [1.54, 1.807) is 6.20 Å². The Balaban J connectivity index is 2.35. The summed E-state index contributed by atoms with van der Waals surface area (Å²) in [6.45, 7) is 0.120. The zero-order valence-corrected chi connectivity index (χ0v) is 8.47. The summed E-state index contributed by atoms with van der Waals surface area (Å²) in [7, 11) is 0. The van der Waals surface area contributed by atoms with Crippen molar-refractivity contribution >= 4 is 21.8 Å². The van der Waals surface area contributed by atoms with Crippen LogP contribution in [-0.2, 0) is 6.54 Å². The largest absolute Gasteiger partial charge is 0.353 e. The highest BCUT2D eigenvalue weighted by atomic mass is 16.3. The number of nitrogens with one attached hydrogen (secondary N) is 1. The van der Waals surface area contributed by atoms with Gasteiger partial charge in [0.05, 0.1) is 17.4 Å². The number of nitrogens with zero attached hydrogens (tertiary/aromatic N) is 2. The lowest BCUT2D eigenvalue weighted by molar-refractivity contribution is 0.987. The average molecular weight is 211 g/mol. The third-order valence-corrected chi connectivity index (χ3v) is 2.67. The van der Waals surface area contributed by atoms with E-state index < -0.39 is 0 Å². The first-order valence-electron chi connectivity index (χ1n) is 5.03. The summed E-state index contributed by atoms with van der Waals surface area (Å²) in [6.07, 6.45) is 1.75. The molecule has 3 aromatic rings. The number of rotatable bonds is 2. The van der Waals surface area contributed by atoms with Crippen molar-refractivity contribution in [3.8, 4) is 0 Å². The summed E-state index contributed by atoms with van der Waals surface area (Å²) in [5, 5.41) is 5.09. The number of para-hydroxylation sites is 1. The van der Waals surface area contributed by atoms with Crippen molar-refractivity contribution in [1.29, 1.82) is 0 Å². The third-order valence-electron chi connectivity index (χ3n) is 2.67. The van der Waals surface area contributed by atoms with Crippen LogP contribution >= 0.6 is 0 Å². The van der Waals surface area contributed by atoms with Crippen molar-refractivity contribution in [2.24, 2.45) is 5.18 Å². The summed E-state index contributed by atoms with van der Waals surface area (Å²) in [6, 6.07) is 9.96. The predicted molar refractivity (Wildman–Crippen MR) is 63.1 cm³/mol. The molecular formula is C12H9N3O. The van der Waals surface area contributed by atoms with Gasteiger partial charge in [0.1, 0.15) is 6.54 Å². The SMILES string of the molecule is O=NCc1cc2c(cn1)[nH]c1ccccc12. The fourth-order valence-electron chi connectivity index (χ4n) is 1.95. The Labute approximate surface area is 91.3 Å². The van der Waals surface area contributed by atoms with Gasteiger partial charge in [-0.15, -0.1) is 0 Å². The molecule has 1 N–H and O–H groups in total. The molecule has 1 aromatic carbocycles. The Kier molecular flexibility index (Phi) is 1.93. The van der Waals surface area contributed by atoms with Gasteiger partial charge in [-0.1, -0.05) is 23.4 Å². The molecule has 4 nitrogen and oxygen atoms in total. The summed E-state index contributed by atoms with van der Waals surface area (Å²) in [5.41, 5.74) is 2.76. The monoisotopic (exact) mass is 211 g/mol. The lowest BCUT2D eigenvalue weighted by Crippen LogP contribution is -1.85. The number of H-pyrrole nitrogens is 1. The Morgan fingerprint density at radius 3 is 2.94 bits per heavy atom. The van der Waals surface area contributed by atoms with E-state index in [0.29, 0.717) is 5.69 Å². The highest BCUT2D eigenvalue weighted by Gasteiger charge is 2.04. The second-order valence-electron chi connectivity index (χ2n) is 3.68. The quantitative estimate of drug-likeness (QED) is 0.662. The molecule has 3 rings (SSSR count). The number of aromatic amines is 1. The van der Waals surface area contributed by atoms with Gasteiger partial charge < -0.3 is 4.98 Å². The molecule has 0 amide bonds. The van der Waals surface area contributed by atoms with Crippen molar-refractivity contribution in [2.75, 3.05) is 0 Å². The van der Waals surface area contributed by atoms with Crippen molar-refractivity contribution in [3.05, 3.63) is 47.1 Å². The minimum atomic E-state index is 0.120. The molecule has 0 atom stereocenters. The fourth-order valence-corrected chi connectivity index (χ4v) is 1.95. The summed E-state index contributed by atoms with van der Waals surface area (Å²) < 4.78 is 0. The van der Waals surface area contributed by atoms with Crippen LogP contribution in [0.1, 0.15) is 5.69 Å². The van der Waals surface area contributed by atoms with Crippen LogP contribution in [0.15, 0.2) is 41.7 Å². The maximum atomic E-state index is 10.2. The second kappa shape index (κ2) is 3.41. The van der Waals surface area contributed by atoms with Crippen LogP contribution in [0.2, 0.25) is 0 Å². The number of fused-ring (bicyclic) bond motifs is 3. The molecule has 4 heteroatoms. The van der Waals surface area contributed by atoms with Gasteiger partial charge in [-0.2, -0.15) is 4.91 Å². The Bertz CT molecular complexity index is 672. The van der Waals surface area contributed by atoms with Gasteiger partial charge in [0.25, 0.3) is 0 Å². The third kappa shape index (κ3) is 1.27. The van der Waals surface area contributed by atoms with E-state index in [9.17, 15) is 4.91 Å². The van der Waals surface area contributed by atoms with E-state index in [1.807, 2.05) is 30.3 Å². The van der Waals surface area contributed by atoms with E-state index >= 15 is 0 Å². The number of hydrogen-bond acceptors (Lipinski definition) is 3. The summed E-state index contributed by atoms with van der Waals surface area (Å²) in [4.78, 5) is 17.7. The van der Waals surface area contributed by atoms with Gasteiger partial charge in [-0.3, -0.25) is 4.98 Å². The van der Waals surface area contributed by atoms with Gasteiger partial charge in [0.2, 0.25) is 0 Å². The zero-order chi connectivity index (χ0) is 11.0. The molecule has 0 aliphatic heterocycles. The van der Waals surface area contributed by atoms with Crippen LogP contribution in [0.3, 0.4) is 0 Å². The van der Waals surface area contributed by atoms with E-state index in [2.05, 4.69) is 15.1 Å². The Morgan fingerprint density at radius 2 is 2.06 bits per heavy atom. The zero-order valence-electron chi connectivity index (χ0n) is 8.47. The van der Waals surface area contributed by atoms with Crippen LogP contribution in [0.5, 0.6) is 0 Å². The van der Waals surface area contributed by atoms with E-state index in [4.69, 9.17) is 0 Å². The minimum absolute atomic E-state index is 0.120. The standard InChI is InChI=1S/C12H9N3O/c16-14-6-8-5-10-9-3-1-2-4-11(9)15-12(10)7-13-8/h1-5,7,15H,6H2. The first-order chi connectivity index (χ1) is 7.88. The van der Waals surface area contributed by atoms with Crippen LogP contribution in [0.25, 0.3) is 21.8 Å². The molecule has 0 radical (unpaired) electrons. The van der Waals surface area contributed by atoms with Gasteiger partial charge in [0.15, 0.2) is 0 Å². The molecule has 2 aromatic heterocycles. The number of benzene rings is 1. The molecule has 0 saturated heterocycles. The molecule has 0 spiro atoms. The topological polar surface area (TPSA) is 58.1 Å². The maximum Gasteiger partial charge on any atom is 0.123 e. The summed E-state index contributed by atoms with van der Waals surface area (Å²) in [5.74, 6) is 0. The van der Waals surface area contributed by atoms with Crippen molar-refractivity contribution in [3.63, 3.8) is 0 Å². The molecule has 0 aliphatic carbocycles. The van der Waals surface area contributed by atoms with Crippen LogP contribution in [-0.4, -0.2) is 9.97 Å². The Morgan fingerprint density at radius 1 is 1.19 bits per heavy atom. The molecule has 0 fully saturated rings. The summed E-state index contributed by atoms with van der Waals surface area (Å²) >= 11 is 0. The van der Waals surface area contributed by atoms with E-state index in [-0.39, 0.29) is 6.54 Å². The highest BCUT2D eigenvalue weighted by molar-refractivity contribution is 6.06. The minimum Gasteiger partial charge on any atom is -0.353 e. The molecule has 0 bridgehead atoms. The van der Waals surface area contributed by atoms with Crippen LogP contribution in [0.4, 0.5) is 0 Å². The average Bonchev–Trinajstić information content (AvgIpc) is 2.68. The van der Waals surface area contributed by atoms with Gasteiger partial charge >= 0.3 is 0 Å². The molecule has 2 heterocycles. The Hall–Kier alpha value is -2.23. The first kappa shape index (κ1) is 9.03. The van der Waals surface area contributed by atoms with Crippen LogP contribution < -0.4 is 0 Å². The molecule has 78 valence electrons. The van der Waals surface area contributed by atoms with Gasteiger partial charge in [0, 0.05) is 16.3 Å². The number of aromatic nitrogens is 2.